The third-order valence-electron chi connectivity index (χ3n) is 3.86. The van der Waals surface area contributed by atoms with Gasteiger partial charge in [-0.25, -0.2) is 13.2 Å². The summed E-state index contributed by atoms with van der Waals surface area (Å²) in [6, 6.07) is 3.27. The predicted octanol–water partition coefficient (Wildman–Crippen LogP) is 2.94. The van der Waals surface area contributed by atoms with Gasteiger partial charge in [0.25, 0.3) is 0 Å². The molecule has 0 amide bonds. The van der Waals surface area contributed by atoms with Gasteiger partial charge in [0.1, 0.15) is 5.54 Å². The fraction of sp³-hybridized carbons (Fsp3) is 0.615. The number of nitrogens with one attached hydrogen (secondary N) is 1. The van der Waals surface area contributed by atoms with Gasteiger partial charge < -0.3 is 9.30 Å². The van der Waals surface area contributed by atoms with Gasteiger partial charge in [0.05, 0.1) is 0 Å². The van der Waals surface area contributed by atoms with Gasteiger partial charge in [-0.3, -0.25) is 0 Å². The van der Waals surface area contributed by atoms with Crippen LogP contribution in [0.2, 0.25) is 0 Å². The minimum atomic E-state index is -4.92. The van der Waals surface area contributed by atoms with Crippen molar-refractivity contribution in [2.24, 2.45) is 0 Å². The molecule has 1 aromatic rings. The molecule has 1 aliphatic rings. The molecule has 10 heteroatoms. The van der Waals surface area contributed by atoms with Crippen LogP contribution in [0.3, 0.4) is 0 Å². The number of hydrogen-bond donors (Lipinski definition) is 1. The van der Waals surface area contributed by atoms with Crippen molar-refractivity contribution in [3.8, 4) is 0 Å². The first kappa shape index (κ1) is 17.8. The van der Waals surface area contributed by atoms with Crippen LogP contribution in [0.15, 0.2) is 24.5 Å². The molecule has 130 valence electrons. The van der Waals surface area contributed by atoms with Gasteiger partial charge in [-0.05, 0) is 31.9 Å². The van der Waals surface area contributed by atoms with Crippen molar-refractivity contribution in [2.75, 3.05) is 0 Å². The van der Waals surface area contributed by atoms with Crippen molar-refractivity contribution in [3.05, 3.63) is 24.5 Å². The van der Waals surface area contributed by atoms with Gasteiger partial charge in [-0.2, -0.15) is 17.9 Å². The SMILES string of the molecule is CC(OC(=O)S(=O)(=O)NC1(C(F)(F)F)CCCC1)n1cccc1. The Bertz CT molecular complexity index is 649. The molecule has 1 aromatic heterocycles. The van der Waals surface area contributed by atoms with Crippen LogP contribution in [-0.4, -0.2) is 30.0 Å². The number of aromatic nitrogens is 1. The lowest BCUT2D eigenvalue weighted by Crippen LogP contribution is -2.58. The van der Waals surface area contributed by atoms with Crippen molar-refractivity contribution in [2.45, 2.75) is 50.6 Å². The van der Waals surface area contributed by atoms with Gasteiger partial charge in [0.15, 0.2) is 6.23 Å². The predicted molar refractivity (Wildman–Crippen MR) is 74.9 cm³/mol. The molecule has 1 aliphatic carbocycles. The topological polar surface area (TPSA) is 77.4 Å². The van der Waals surface area contributed by atoms with Gasteiger partial charge in [-0.1, -0.05) is 12.8 Å². The van der Waals surface area contributed by atoms with E-state index in [2.05, 4.69) is 0 Å². The Hall–Kier alpha value is -1.55. The summed E-state index contributed by atoms with van der Waals surface area (Å²) < 4.78 is 71.2. The van der Waals surface area contributed by atoms with Crippen LogP contribution in [0, 0.1) is 0 Å². The summed E-state index contributed by atoms with van der Waals surface area (Å²) in [6.45, 7) is 1.41. The second-order valence-corrected chi connectivity index (χ2v) is 7.03. The maximum absolute atomic E-state index is 13.2. The molecule has 1 saturated carbocycles. The molecule has 1 unspecified atom stereocenters. The summed E-state index contributed by atoms with van der Waals surface area (Å²) >= 11 is 0. The zero-order valence-electron chi connectivity index (χ0n) is 12.3. The fourth-order valence-corrected chi connectivity index (χ4v) is 3.76. The van der Waals surface area contributed by atoms with Crippen LogP contribution in [0.5, 0.6) is 0 Å². The number of alkyl halides is 3. The Balaban J connectivity index is 2.13. The lowest BCUT2D eigenvalue weighted by Gasteiger charge is -2.31. The fourth-order valence-electron chi connectivity index (χ4n) is 2.57. The first-order valence-electron chi connectivity index (χ1n) is 7.01. The third-order valence-corrected chi connectivity index (χ3v) is 5.06. The van der Waals surface area contributed by atoms with Crippen LogP contribution in [-0.2, 0) is 14.8 Å². The molecule has 0 saturated heterocycles. The molecule has 1 fully saturated rings. The van der Waals surface area contributed by atoms with Crippen molar-refractivity contribution in [1.29, 1.82) is 0 Å². The summed E-state index contributed by atoms with van der Waals surface area (Å²) in [5.41, 5.74) is -2.60. The van der Waals surface area contributed by atoms with Gasteiger partial charge in [-0.15, -0.1) is 0 Å². The van der Waals surface area contributed by atoms with Gasteiger partial charge in [0.2, 0.25) is 0 Å². The van der Waals surface area contributed by atoms with E-state index in [1.165, 1.54) is 28.6 Å². The highest BCUT2D eigenvalue weighted by Gasteiger charge is 2.58. The van der Waals surface area contributed by atoms with Crippen molar-refractivity contribution < 1.29 is 31.1 Å². The summed E-state index contributed by atoms with van der Waals surface area (Å²) in [7, 11) is -4.92. The Labute approximate surface area is 131 Å². The molecule has 0 aliphatic heterocycles. The molecular formula is C13H17F3N2O4S. The highest BCUT2D eigenvalue weighted by atomic mass is 32.2. The Morgan fingerprint density at radius 3 is 2.26 bits per heavy atom. The maximum Gasteiger partial charge on any atom is 0.441 e. The lowest BCUT2D eigenvalue weighted by molar-refractivity contribution is -0.188. The first-order chi connectivity index (χ1) is 10.6. The van der Waals surface area contributed by atoms with E-state index in [0.29, 0.717) is 0 Å². The smallest absolute Gasteiger partial charge is 0.429 e. The van der Waals surface area contributed by atoms with E-state index in [9.17, 15) is 26.4 Å². The van der Waals surface area contributed by atoms with E-state index in [1.54, 1.807) is 12.1 Å². The molecule has 2 rings (SSSR count). The Morgan fingerprint density at radius 1 is 1.26 bits per heavy atom. The highest BCUT2D eigenvalue weighted by molar-refractivity contribution is 8.04. The number of hydrogen-bond acceptors (Lipinski definition) is 4. The number of carbonyl (C=O) groups is 1. The van der Waals surface area contributed by atoms with E-state index < -0.39 is 46.1 Å². The maximum atomic E-state index is 13.2. The van der Waals surface area contributed by atoms with Crippen molar-refractivity contribution in [1.82, 2.24) is 9.29 Å². The Kier molecular flexibility index (Phi) is 4.76. The minimum absolute atomic E-state index is 0.233. The summed E-state index contributed by atoms with van der Waals surface area (Å²) in [5, 5.41) is -1.73. The second-order valence-electron chi connectivity index (χ2n) is 5.49. The standard InChI is InChI=1S/C13H17F3N2O4S/c1-10(18-8-4-5-9-18)22-11(19)23(20,21)17-12(13(14,15)16)6-2-3-7-12/h4-5,8-10,17H,2-3,6-7H2,1H3. The first-order valence-corrected chi connectivity index (χ1v) is 8.49. The van der Waals surface area contributed by atoms with E-state index in [0.717, 1.165) is 0 Å². The molecule has 1 heterocycles. The Morgan fingerprint density at radius 2 is 1.78 bits per heavy atom. The van der Waals surface area contributed by atoms with E-state index >= 15 is 0 Å². The average molecular weight is 354 g/mol. The van der Waals surface area contributed by atoms with Gasteiger partial charge >= 0.3 is 21.5 Å². The number of ether oxygens (including phenoxy) is 1. The second kappa shape index (κ2) is 6.16. The molecule has 0 spiro atoms. The molecule has 23 heavy (non-hydrogen) atoms. The molecule has 1 N–H and O–H groups in total. The zero-order valence-corrected chi connectivity index (χ0v) is 13.2. The molecule has 6 nitrogen and oxygen atoms in total. The minimum Gasteiger partial charge on any atom is -0.429 e. The van der Waals surface area contributed by atoms with Gasteiger partial charge in [0, 0.05) is 12.4 Å². The van der Waals surface area contributed by atoms with Crippen molar-refractivity contribution >= 4 is 15.3 Å². The number of sulfonamides is 1. The van der Waals surface area contributed by atoms with E-state index in [4.69, 9.17) is 4.74 Å². The van der Waals surface area contributed by atoms with Crippen LogP contribution < -0.4 is 4.72 Å². The summed E-state index contributed by atoms with van der Waals surface area (Å²) in [5.74, 6) is 0. The average Bonchev–Trinajstić information content (AvgIpc) is 3.08. The summed E-state index contributed by atoms with van der Waals surface area (Å²) in [6.07, 6.45) is -2.99. The highest BCUT2D eigenvalue weighted by Crippen LogP contribution is 2.43. The molecule has 0 radical (unpaired) electrons. The molecule has 0 bridgehead atoms. The molecular weight excluding hydrogens is 337 g/mol. The third kappa shape index (κ3) is 3.69. The van der Waals surface area contributed by atoms with Crippen LogP contribution in [0.4, 0.5) is 18.0 Å². The summed E-state index contributed by atoms with van der Waals surface area (Å²) in [4.78, 5) is 11.8. The quantitative estimate of drug-likeness (QED) is 0.844. The normalized spacial score (nSPS) is 19.5. The lowest BCUT2D eigenvalue weighted by atomic mass is 9.99. The molecule has 0 aromatic carbocycles. The zero-order chi connectivity index (χ0) is 17.3. The number of rotatable bonds is 4. The van der Waals surface area contributed by atoms with Crippen LogP contribution in [0.1, 0.15) is 38.8 Å². The monoisotopic (exact) mass is 354 g/mol. The molecule has 1 atom stereocenters. The van der Waals surface area contributed by atoms with Crippen LogP contribution >= 0.6 is 0 Å². The van der Waals surface area contributed by atoms with Crippen LogP contribution in [0.25, 0.3) is 0 Å². The number of carbonyl (C=O) groups excluding carboxylic acids is 1. The van der Waals surface area contributed by atoms with Crippen molar-refractivity contribution in [3.63, 3.8) is 0 Å². The van der Waals surface area contributed by atoms with E-state index in [1.807, 2.05) is 0 Å². The van der Waals surface area contributed by atoms with E-state index in [-0.39, 0.29) is 12.8 Å². The number of halogens is 3. The number of nitrogens with zero attached hydrogens (tertiary/aromatic N) is 1. The largest absolute Gasteiger partial charge is 0.441 e.